The molecule has 31 heavy (non-hydrogen) atoms. The Kier molecular flexibility index (Phi) is 5.65. The summed E-state index contributed by atoms with van der Waals surface area (Å²) in [5.74, 6) is -0.729. The summed E-state index contributed by atoms with van der Waals surface area (Å²) in [5, 5.41) is 0. The minimum atomic E-state index is -4.07. The van der Waals surface area contributed by atoms with Crippen LogP contribution in [0, 0.1) is 5.82 Å². The standard InChI is InChI=1S/C23H21FN2O4S/c1-30-21-12-9-18(24)15-22(21)31(28,29)25-19-10-11-20-17(14-19)8-5-13-26(20)23(27)16-6-3-2-4-7-16/h2-4,6-7,9-12,14-15,25H,5,8,13H2,1H3. The lowest BCUT2D eigenvalue weighted by Crippen LogP contribution is -2.35. The van der Waals surface area contributed by atoms with Gasteiger partial charge in [-0.2, -0.15) is 0 Å². The van der Waals surface area contributed by atoms with E-state index in [2.05, 4.69) is 4.72 Å². The summed E-state index contributed by atoms with van der Waals surface area (Å²) in [4.78, 5) is 14.4. The summed E-state index contributed by atoms with van der Waals surface area (Å²) in [6.45, 7) is 0.590. The van der Waals surface area contributed by atoms with Gasteiger partial charge < -0.3 is 9.64 Å². The van der Waals surface area contributed by atoms with Crippen molar-refractivity contribution in [3.05, 3.63) is 83.7 Å². The van der Waals surface area contributed by atoms with Gasteiger partial charge in [-0.1, -0.05) is 18.2 Å². The fourth-order valence-electron chi connectivity index (χ4n) is 3.68. The number of carbonyl (C=O) groups excluding carboxylic acids is 1. The van der Waals surface area contributed by atoms with E-state index >= 15 is 0 Å². The molecule has 4 rings (SSSR count). The number of sulfonamides is 1. The first-order valence-electron chi connectivity index (χ1n) is 9.75. The lowest BCUT2D eigenvalue weighted by Gasteiger charge is -2.30. The van der Waals surface area contributed by atoms with Crippen LogP contribution in [0.4, 0.5) is 15.8 Å². The molecule has 0 spiro atoms. The van der Waals surface area contributed by atoms with Crippen LogP contribution in [0.15, 0.2) is 71.6 Å². The van der Waals surface area contributed by atoms with Crippen LogP contribution in [0.5, 0.6) is 5.75 Å². The van der Waals surface area contributed by atoms with Gasteiger partial charge in [0.25, 0.3) is 15.9 Å². The average molecular weight is 440 g/mol. The molecular weight excluding hydrogens is 419 g/mol. The van der Waals surface area contributed by atoms with Gasteiger partial charge in [0.15, 0.2) is 0 Å². The number of amides is 1. The van der Waals surface area contributed by atoms with Crippen LogP contribution in [-0.2, 0) is 16.4 Å². The van der Waals surface area contributed by atoms with Crippen molar-refractivity contribution in [3.8, 4) is 5.75 Å². The van der Waals surface area contributed by atoms with E-state index in [1.165, 1.54) is 13.2 Å². The minimum absolute atomic E-state index is 0.0477. The first kappa shape index (κ1) is 20.9. The fourth-order valence-corrected chi connectivity index (χ4v) is 4.91. The zero-order valence-electron chi connectivity index (χ0n) is 16.8. The van der Waals surface area contributed by atoms with Crippen LogP contribution in [0.2, 0.25) is 0 Å². The van der Waals surface area contributed by atoms with Crippen molar-refractivity contribution < 1.29 is 22.3 Å². The summed E-state index contributed by atoms with van der Waals surface area (Å²) in [6.07, 6.45) is 1.48. The highest BCUT2D eigenvalue weighted by Gasteiger charge is 2.25. The molecule has 1 amide bonds. The lowest BCUT2D eigenvalue weighted by atomic mass is 10.00. The Hall–Kier alpha value is -3.39. The molecule has 1 N–H and O–H groups in total. The number of aryl methyl sites for hydroxylation is 1. The molecule has 8 heteroatoms. The number of benzene rings is 3. The van der Waals surface area contributed by atoms with E-state index in [0.29, 0.717) is 24.2 Å². The van der Waals surface area contributed by atoms with Gasteiger partial charge in [-0.3, -0.25) is 9.52 Å². The number of methoxy groups -OCH3 is 1. The van der Waals surface area contributed by atoms with Crippen molar-refractivity contribution in [2.45, 2.75) is 17.7 Å². The number of hydrogen-bond acceptors (Lipinski definition) is 4. The maximum atomic E-state index is 13.7. The van der Waals surface area contributed by atoms with E-state index in [1.54, 1.807) is 35.2 Å². The minimum Gasteiger partial charge on any atom is -0.495 e. The molecule has 0 unspecified atom stereocenters. The second-order valence-corrected chi connectivity index (χ2v) is 8.82. The third-order valence-electron chi connectivity index (χ3n) is 5.13. The molecular formula is C23H21FN2O4S. The smallest absolute Gasteiger partial charge is 0.265 e. The number of nitrogens with zero attached hydrogens (tertiary/aromatic N) is 1. The zero-order chi connectivity index (χ0) is 22.0. The summed E-state index contributed by atoms with van der Waals surface area (Å²) in [6, 6.07) is 17.4. The fraction of sp³-hybridized carbons (Fsp3) is 0.174. The van der Waals surface area contributed by atoms with Gasteiger partial charge >= 0.3 is 0 Å². The average Bonchev–Trinajstić information content (AvgIpc) is 2.78. The summed E-state index contributed by atoms with van der Waals surface area (Å²) >= 11 is 0. The molecule has 6 nitrogen and oxygen atoms in total. The lowest BCUT2D eigenvalue weighted by molar-refractivity contribution is 0.0985. The number of carbonyl (C=O) groups is 1. The van der Waals surface area contributed by atoms with Gasteiger partial charge in [-0.15, -0.1) is 0 Å². The monoisotopic (exact) mass is 440 g/mol. The molecule has 0 fully saturated rings. The number of anilines is 2. The molecule has 160 valence electrons. The number of ether oxygens (including phenoxy) is 1. The van der Waals surface area contributed by atoms with Crippen LogP contribution < -0.4 is 14.4 Å². The van der Waals surface area contributed by atoms with E-state index in [9.17, 15) is 17.6 Å². The van der Waals surface area contributed by atoms with Crippen LogP contribution >= 0.6 is 0 Å². The van der Waals surface area contributed by atoms with Crippen LogP contribution in [0.1, 0.15) is 22.3 Å². The van der Waals surface area contributed by atoms with Crippen molar-refractivity contribution in [2.75, 3.05) is 23.3 Å². The molecule has 1 heterocycles. The quantitative estimate of drug-likeness (QED) is 0.644. The highest BCUT2D eigenvalue weighted by Crippen LogP contribution is 2.32. The van der Waals surface area contributed by atoms with E-state index in [1.807, 2.05) is 18.2 Å². The Bertz CT molecular complexity index is 1230. The maximum Gasteiger partial charge on any atom is 0.265 e. The van der Waals surface area contributed by atoms with Gasteiger partial charge in [0.2, 0.25) is 0 Å². The molecule has 1 aliphatic rings. The largest absolute Gasteiger partial charge is 0.495 e. The molecule has 0 saturated heterocycles. The second kappa shape index (κ2) is 8.39. The number of hydrogen-bond donors (Lipinski definition) is 1. The van der Waals surface area contributed by atoms with Gasteiger partial charge in [-0.25, -0.2) is 12.8 Å². The topological polar surface area (TPSA) is 75.7 Å². The molecule has 1 aliphatic heterocycles. The number of halogens is 1. The molecule has 0 aliphatic carbocycles. The predicted octanol–water partition coefficient (Wildman–Crippen LogP) is 4.23. The van der Waals surface area contributed by atoms with Gasteiger partial charge in [0.05, 0.1) is 7.11 Å². The Balaban J connectivity index is 1.63. The van der Waals surface area contributed by atoms with Gasteiger partial charge in [0.1, 0.15) is 16.5 Å². The predicted molar refractivity (Wildman–Crippen MR) is 117 cm³/mol. The molecule has 3 aromatic carbocycles. The second-order valence-electron chi connectivity index (χ2n) is 7.17. The normalized spacial score (nSPS) is 13.4. The van der Waals surface area contributed by atoms with E-state index in [-0.39, 0.29) is 16.6 Å². The molecule has 0 radical (unpaired) electrons. The SMILES string of the molecule is COc1ccc(F)cc1S(=O)(=O)Nc1ccc2c(c1)CCCN2C(=O)c1ccccc1. The van der Waals surface area contributed by atoms with Crippen molar-refractivity contribution >= 4 is 27.3 Å². The number of fused-ring (bicyclic) bond motifs is 1. The molecule has 3 aromatic rings. The first-order valence-corrected chi connectivity index (χ1v) is 11.2. The molecule has 0 atom stereocenters. The van der Waals surface area contributed by atoms with Crippen molar-refractivity contribution in [1.29, 1.82) is 0 Å². The first-order chi connectivity index (χ1) is 14.9. The van der Waals surface area contributed by atoms with Crippen molar-refractivity contribution in [2.24, 2.45) is 0 Å². The third kappa shape index (κ3) is 4.25. The van der Waals surface area contributed by atoms with Crippen LogP contribution in [0.25, 0.3) is 0 Å². The maximum absolute atomic E-state index is 13.7. The Morgan fingerprint density at radius 2 is 1.84 bits per heavy atom. The van der Waals surface area contributed by atoms with E-state index in [4.69, 9.17) is 4.74 Å². The van der Waals surface area contributed by atoms with E-state index in [0.717, 1.165) is 29.8 Å². The Morgan fingerprint density at radius 1 is 1.06 bits per heavy atom. The number of nitrogens with one attached hydrogen (secondary N) is 1. The highest BCUT2D eigenvalue weighted by atomic mass is 32.2. The molecule has 0 bridgehead atoms. The molecule has 0 saturated carbocycles. The zero-order valence-corrected chi connectivity index (χ0v) is 17.7. The van der Waals surface area contributed by atoms with Crippen LogP contribution in [-0.4, -0.2) is 28.0 Å². The van der Waals surface area contributed by atoms with Gasteiger partial charge in [0, 0.05) is 23.5 Å². The number of rotatable bonds is 5. The van der Waals surface area contributed by atoms with Gasteiger partial charge in [-0.05, 0) is 66.9 Å². The summed E-state index contributed by atoms with van der Waals surface area (Å²) in [7, 11) is -2.75. The Morgan fingerprint density at radius 3 is 2.58 bits per heavy atom. The third-order valence-corrected chi connectivity index (χ3v) is 6.53. The van der Waals surface area contributed by atoms with E-state index < -0.39 is 15.8 Å². The van der Waals surface area contributed by atoms with Crippen LogP contribution in [0.3, 0.4) is 0 Å². The Labute approximate surface area is 180 Å². The summed E-state index contributed by atoms with van der Waals surface area (Å²) < 4.78 is 46.9. The van der Waals surface area contributed by atoms with Crippen molar-refractivity contribution in [1.82, 2.24) is 0 Å². The summed E-state index contributed by atoms with van der Waals surface area (Å²) in [5.41, 5.74) is 2.55. The highest BCUT2D eigenvalue weighted by molar-refractivity contribution is 7.92. The molecule has 0 aromatic heterocycles. The van der Waals surface area contributed by atoms with Crippen molar-refractivity contribution in [3.63, 3.8) is 0 Å².